The predicted molar refractivity (Wildman–Crippen MR) is 88.8 cm³/mol. The van der Waals surface area contributed by atoms with Gasteiger partial charge in [-0.3, -0.25) is 9.59 Å². The predicted octanol–water partition coefficient (Wildman–Crippen LogP) is 4.68. The van der Waals surface area contributed by atoms with Gasteiger partial charge in [0.25, 0.3) is 0 Å². The zero-order valence-corrected chi connectivity index (χ0v) is 13.5. The Morgan fingerprint density at radius 2 is 1.14 bits per heavy atom. The van der Waals surface area contributed by atoms with E-state index in [9.17, 15) is 9.59 Å². The van der Waals surface area contributed by atoms with Crippen molar-refractivity contribution in [2.45, 2.75) is 13.8 Å². The number of hydrogen-bond acceptors (Lipinski definition) is 2. The first-order chi connectivity index (χ1) is 10.4. The molecule has 0 radical (unpaired) electrons. The molecule has 0 aliphatic rings. The Hall–Kier alpha value is -2.08. The van der Waals surface area contributed by atoms with Crippen LogP contribution in [0.5, 0.6) is 0 Å². The standard InChI is InChI=1S/C18H12Cl2O2/c1-11-3-5-13(9-15(11)19)17(21)7-8-18(22)14-6-4-12(2)16(20)10-14/h3-6,9-10H,1-2H3. The summed E-state index contributed by atoms with van der Waals surface area (Å²) in [6, 6.07) is 9.82. The Kier molecular flexibility index (Phi) is 5.03. The molecule has 110 valence electrons. The lowest BCUT2D eigenvalue weighted by Gasteiger charge is -1.99. The fourth-order valence-electron chi connectivity index (χ4n) is 1.73. The van der Waals surface area contributed by atoms with E-state index in [1.165, 1.54) is 0 Å². The SMILES string of the molecule is Cc1ccc(C(=O)C#CC(=O)c2ccc(C)c(Cl)c2)cc1Cl. The molecule has 0 atom stereocenters. The molecule has 0 bridgehead atoms. The number of Topliss-reactive ketones (excluding diaryl/α,β-unsaturated/α-hetero) is 2. The van der Waals surface area contributed by atoms with E-state index in [2.05, 4.69) is 11.8 Å². The van der Waals surface area contributed by atoms with E-state index in [0.717, 1.165) is 11.1 Å². The smallest absolute Gasteiger partial charge is 0.236 e. The maximum absolute atomic E-state index is 12.0. The van der Waals surface area contributed by atoms with Crippen LogP contribution >= 0.6 is 23.2 Å². The van der Waals surface area contributed by atoms with E-state index in [0.29, 0.717) is 21.2 Å². The highest BCUT2D eigenvalue weighted by molar-refractivity contribution is 6.32. The summed E-state index contributed by atoms with van der Waals surface area (Å²) in [6.07, 6.45) is 0. The monoisotopic (exact) mass is 330 g/mol. The summed E-state index contributed by atoms with van der Waals surface area (Å²) in [7, 11) is 0. The van der Waals surface area contributed by atoms with E-state index in [-0.39, 0.29) is 0 Å². The maximum Gasteiger partial charge on any atom is 0.236 e. The van der Waals surface area contributed by atoms with Gasteiger partial charge in [-0.05, 0) is 61.1 Å². The lowest BCUT2D eigenvalue weighted by molar-refractivity contribution is 0.103. The molecule has 0 fully saturated rings. The quantitative estimate of drug-likeness (QED) is 0.455. The van der Waals surface area contributed by atoms with Gasteiger partial charge in [0.05, 0.1) is 0 Å². The molecule has 2 nitrogen and oxygen atoms in total. The molecule has 0 amide bonds. The number of rotatable bonds is 2. The van der Waals surface area contributed by atoms with Crippen LogP contribution in [0.2, 0.25) is 10.0 Å². The van der Waals surface area contributed by atoms with Gasteiger partial charge < -0.3 is 0 Å². The summed E-state index contributed by atoms with van der Waals surface area (Å²) in [5.74, 6) is 3.77. The van der Waals surface area contributed by atoms with Gasteiger partial charge >= 0.3 is 0 Å². The number of carbonyl (C=O) groups is 2. The van der Waals surface area contributed by atoms with Crippen molar-refractivity contribution in [2.24, 2.45) is 0 Å². The van der Waals surface area contributed by atoms with E-state index >= 15 is 0 Å². The molecule has 0 saturated carbocycles. The normalized spacial score (nSPS) is 9.82. The molecule has 2 aromatic carbocycles. The molecular formula is C18H12Cl2O2. The summed E-state index contributed by atoms with van der Waals surface area (Å²) in [6.45, 7) is 3.68. The van der Waals surface area contributed by atoms with Gasteiger partial charge in [0, 0.05) is 21.2 Å². The van der Waals surface area contributed by atoms with Gasteiger partial charge in [-0.25, -0.2) is 0 Å². The van der Waals surface area contributed by atoms with Gasteiger partial charge in [0.1, 0.15) is 0 Å². The number of benzene rings is 2. The van der Waals surface area contributed by atoms with Crippen LogP contribution in [0.1, 0.15) is 31.8 Å². The molecule has 0 unspecified atom stereocenters. The third-order valence-electron chi connectivity index (χ3n) is 3.16. The van der Waals surface area contributed by atoms with E-state index in [1.54, 1.807) is 36.4 Å². The van der Waals surface area contributed by atoms with Crippen molar-refractivity contribution in [1.82, 2.24) is 0 Å². The van der Waals surface area contributed by atoms with Crippen LogP contribution < -0.4 is 0 Å². The second-order valence-corrected chi connectivity index (χ2v) is 5.65. The Labute approximate surface area is 139 Å². The molecule has 0 aliphatic heterocycles. The minimum atomic E-state index is -0.451. The van der Waals surface area contributed by atoms with Crippen LogP contribution in [-0.2, 0) is 0 Å². The van der Waals surface area contributed by atoms with Gasteiger partial charge in [-0.1, -0.05) is 35.3 Å². The van der Waals surface area contributed by atoms with E-state index in [1.807, 2.05) is 13.8 Å². The van der Waals surface area contributed by atoms with E-state index < -0.39 is 11.6 Å². The lowest BCUT2D eigenvalue weighted by Crippen LogP contribution is -1.99. The molecule has 22 heavy (non-hydrogen) atoms. The third kappa shape index (κ3) is 3.76. The number of halogens is 2. The van der Waals surface area contributed by atoms with Crippen LogP contribution in [0.15, 0.2) is 36.4 Å². The van der Waals surface area contributed by atoms with Gasteiger partial charge in [-0.15, -0.1) is 0 Å². The molecule has 0 heterocycles. The highest BCUT2D eigenvalue weighted by Gasteiger charge is 2.07. The summed E-state index contributed by atoms with van der Waals surface area (Å²) < 4.78 is 0. The molecule has 0 aromatic heterocycles. The molecule has 0 N–H and O–H groups in total. The van der Waals surface area contributed by atoms with Crippen molar-refractivity contribution in [3.8, 4) is 11.8 Å². The highest BCUT2D eigenvalue weighted by atomic mass is 35.5. The number of carbonyl (C=O) groups excluding carboxylic acids is 2. The zero-order valence-electron chi connectivity index (χ0n) is 12.0. The topological polar surface area (TPSA) is 34.1 Å². The van der Waals surface area contributed by atoms with Gasteiger partial charge in [0.2, 0.25) is 11.6 Å². The van der Waals surface area contributed by atoms with Crippen LogP contribution in [0.4, 0.5) is 0 Å². The molecule has 2 rings (SSSR count). The first kappa shape index (κ1) is 16.3. The molecule has 0 aliphatic carbocycles. The highest BCUT2D eigenvalue weighted by Crippen LogP contribution is 2.18. The molecule has 2 aromatic rings. The Morgan fingerprint density at radius 3 is 1.45 bits per heavy atom. The average molecular weight is 331 g/mol. The largest absolute Gasteiger partial charge is 0.279 e. The van der Waals surface area contributed by atoms with Crippen molar-refractivity contribution < 1.29 is 9.59 Å². The van der Waals surface area contributed by atoms with Crippen LogP contribution in [-0.4, -0.2) is 11.6 Å². The zero-order chi connectivity index (χ0) is 16.3. The van der Waals surface area contributed by atoms with Crippen LogP contribution in [0.25, 0.3) is 0 Å². The fourth-order valence-corrected chi connectivity index (χ4v) is 2.09. The number of hydrogen-bond donors (Lipinski definition) is 0. The van der Waals surface area contributed by atoms with Crippen LogP contribution in [0.3, 0.4) is 0 Å². The van der Waals surface area contributed by atoms with E-state index in [4.69, 9.17) is 23.2 Å². The van der Waals surface area contributed by atoms with Crippen molar-refractivity contribution in [3.05, 3.63) is 68.7 Å². The summed E-state index contributed by atoms with van der Waals surface area (Å²) >= 11 is 11.9. The Bertz CT molecular complexity index is 759. The fraction of sp³-hybridized carbons (Fsp3) is 0.111. The first-order valence-corrected chi connectivity index (χ1v) is 7.27. The average Bonchev–Trinajstić information content (AvgIpc) is 2.50. The third-order valence-corrected chi connectivity index (χ3v) is 3.97. The first-order valence-electron chi connectivity index (χ1n) is 6.51. The lowest BCUT2D eigenvalue weighted by atomic mass is 10.1. The minimum Gasteiger partial charge on any atom is -0.279 e. The summed E-state index contributed by atoms with van der Waals surface area (Å²) in [5, 5.41) is 0.980. The van der Waals surface area contributed by atoms with Crippen molar-refractivity contribution in [1.29, 1.82) is 0 Å². The van der Waals surface area contributed by atoms with Gasteiger partial charge in [0.15, 0.2) is 0 Å². The van der Waals surface area contributed by atoms with Crippen LogP contribution in [0, 0.1) is 25.7 Å². The van der Waals surface area contributed by atoms with Crippen molar-refractivity contribution >= 4 is 34.8 Å². The Balaban J connectivity index is 2.21. The molecule has 0 spiro atoms. The maximum atomic E-state index is 12.0. The van der Waals surface area contributed by atoms with Crippen molar-refractivity contribution in [2.75, 3.05) is 0 Å². The molecular weight excluding hydrogens is 319 g/mol. The van der Waals surface area contributed by atoms with Crippen molar-refractivity contribution in [3.63, 3.8) is 0 Å². The Morgan fingerprint density at radius 1 is 0.773 bits per heavy atom. The molecule has 0 saturated heterocycles. The minimum absolute atomic E-state index is 0.359. The summed E-state index contributed by atoms with van der Waals surface area (Å²) in [5.41, 5.74) is 2.46. The second kappa shape index (κ2) is 6.79. The summed E-state index contributed by atoms with van der Waals surface area (Å²) in [4.78, 5) is 23.9. The number of ketones is 2. The molecule has 4 heteroatoms. The van der Waals surface area contributed by atoms with Gasteiger partial charge in [-0.2, -0.15) is 0 Å². The number of aryl methyl sites for hydroxylation is 2. The second-order valence-electron chi connectivity index (χ2n) is 4.84.